The number of nitrogens with one attached hydrogen (secondary N) is 1. The first kappa shape index (κ1) is 9.96. The van der Waals surface area contributed by atoms with E-state index in [0.29, 0.717) is 5.69 Å². The summed E-state index contributed by atoms with van der Waals surface area (Å²) < 4.78 is 2.12. The third kappa shape index (κ3) is 1.41. The van der Waals surface area contributed by atoms with Gasteiger partial charge in [-0.2, -0.15) is 5.10 Å². The van der Waals surface area contributed by atoms with Gasteiger partial charge in [-0.1, -0.05) is 11.6 Å². The fraction of sp³-hybridized carbons (Fsp3) is 0.154. The lowest BCUT2D eigenvalue weighted by molar-refractivity contribution is 0.963. The van der Waals surface area contributed by atoms with E-state index in [-0.39, 0.29) is 0 Å². The van der Waals surface area contributed by atoms with E-state index in [4.69, 9.17) is 5.73 Å². The standard InChI is InChI=1S/C13H14N4/c1-8-3-4-11-9(5-8)6-12(17(11)2)13-10(14)7-15-16-13/h3-7H,14H2,1-2H3,(H,15,16). The van der Waals surface area contributed by atoms with E-state index in [1.54, 1.807) is 6.20 Å². The molecular weight excluding hydrogens is 212 g/mol. The molecule has 0 fully saturated rings. The predicted octanol–water partition coefficient (Wildman–Crippen LogP) is 2.46. The molecule has 3 N–H and O–H groups in total. The fourth-order valence-corrected chi connectivity index (χ4v) is 2.21. The molecule has 1 aromatic carbocycles. The fourth-order valence-electron chi connectivity index (χ4n) is 2.21. The van der Waals surface area contributed by atoms with Crippen molar-refractivity contribution in [2.45, 2.75) is 6.92 Å². The van der Waals surface area contributed by atoms with Crippen LogP contribution in [0.15, 0.2) is 30.5 Å². The third-order valence-electron chi connectivity index (χ3n) is 3.12. The number of H-pyrrole nitrogens is 1. The number of hydrogen-bond acceptors (Lipinski definition) is 2. The molecule has 3 rings (SSSR count). The monoisotopic (exact) mass is 226 g/mol. The SMILES string of the molecule is Cc1ccc2c(c1)cc(-c1[nH]ncc1N)n2C. The lowest BCUT2D eigenvalue weighted by Gasteiger charge is -2.02. The van der Waals surface area contributed by atoms with Crippen LogP contribution in [0, 0.1) is 6.92 Å². The summed E-state index contributed by atoms with van der Waals surface area (Å²) in [5.74, 6) is 0. The summed E-state index contributed by atoms with van der Waals surface area (Å²) in [7, 11) is 2.04. The number of aromatic amines is 1. The molecule has 2 aromatic heterocycles. The highest BCUT2D eigenvalue weighted by Gasteiger charge is 2.11. The van der Waals surface area contributed by atoms with E-state index >= 15 is 0 Å². The Morgan fingerprint density at radius 1 is 1.29 bits per heavy atom. The highest BCUT2D eigenvalue weighted by atomic mass is 15.1. The Morgan fingerprint density at radius 3 is 2.82 bits per heavy atom. The Kier molecular flexibility index (Phi) is 1.98. The van der Waals surface area contributed by atoms with Crippen LogP contribution in [0.3, 0.4) is 0 Å². The number of benzene rings is 1. The van der Waals surface area contributed by atoms with E-state index in [9.17, 15) is 0 Å². The second kappa shape index (κ2) is 3.38. The van der Waals surface area contributed by atoms with Crippen molar-refractivity contribution in [1.29, 1.82) is 0 Å². The largest absolute Gasteiger partial charge is 0.396 e. The molecule has 0 saturated heterocycles. The summed E-state index contributed by atoms with van der Waals surface area (Å²) in [4.78, 5) is 0. The molecule has 0 bridgehead atoms. The highest BCUT2D eigenvalue weighted by Crippen LogP contribution is 2.29. The predicted molar refractivity (Wildman–Crippen MR) is 69.7 cm³/mol. The zero-order chi connectivity index (χ0) is 12.0. The molecule has 17 heavy (non-hydrogen) atoms. The zero-order valence-electron chi connectivity index (χ0n) is 9.86. The number of aryl methyl sites for hydroxylation is 2. The molecule has 4 heteroatoms. The average molecular weight is 226 g/mol. The zero-order valence-corrected chi connectivity index (χ0v) is 9.86. The van der Waals surface area contributed by atoms with Crippen molar-refractivity contribution in [3.63, 3.8) is 0 Å². The molecule has 2 heterocycles. The number of hydrogen-bond donors (Lipinski definition) is 2. The summed E-state index contributed by atoms with van der Waals surface area (Å²) in [6, 6.07) is 8.54. The van der Waals surface area contributed by atoms with Crippen molar-refractivity contribution < 1.29 is 0 Å². The number of fused-ring (bicyclic) bond motifs is 1. The average Bonchev–Trinajstić information content (AvgIpc) is 2.83. The number of nitrogen functional groups attached to an aromatic ring is 1. The summed E-state index contributed by atoms with van der Waals surface area (Å²) in [6.45, 7) is 2.09. The first-order chi connectivity index (χ1) is 8.16. The Morgan fingerprint density at radius 2 is 2.12 bits per heavy atom. The van der Waals surface area contributed by atoms with Crippen LogP contribution in [0.25, 0.3) is 22.3 Å². The van der Waals surface area contributed by atoms with E-state index in [1.165, 1.54) is 16.5 Å². The van der Waals surface area contributed by atoms with Crippen molar-refractivity contribution in [3.8, 4) is 11.4 Å². The van der Waals surface area contributed by atoms with Crippen LogP contribution >= 0.6 is 0 Å². The van der Waals surface area contributed by atoms with Crippen molar-refractivity contribution >= 4 is 16.6 Å². The van der Waals surface area contributed by atoms with Crippen molar-refractivity contribution in [2.75, 3.05) is 5.73 Å². The van der Waals surface area contributed by atoms with Gasteiger partial charge in [0.1, 0.15) is 5.69 Å². The van der Waals surface area contributed by atoms with E-state index in [2.05, 4.69) is 46.0 Å². The molecule has 86 valence electrons. The van der Waals surface area contributed by atoms with Crippen LogP contribution < -0.4 is 5.73 Å². The van der Waals surface area contributed by atoms with Gasteiger partial charge in [0.05, 0.1) is 17.6 Å². The number of rotatable bonds is 1. The molecule has 0 aliphatic heterocycles. The maximum atomic E-state index is 5.89. The Labute approximate surface area is 99.1 Å². The molecule has 0 amide bonds. The van der Waals surface area contributed by atoms with E-state index in [0.717, 1.165) is 11.4 Å². The summed E-state index contributed by atoms with van der Waals surface area (Å²) >= 11 is 0. The molecule has 0 atom stereocenters. The summed E-state index contributed by atoms with van der Waals surface area (Å²) in [5, 5.41) is 8.12. The summed E-state index contributed by atoms with van der Waals surface area (Å²) in [6.07, 6.45) is 1.64. The molecule has 3 aromatic rings. The molecule has 0 spiro atoms. The first-order valence-electron chi connectivity index (χ1n) is 5.52. The molecule has 4 nitrogen and oxygen atoms in total. The molecule has 0 aliphatic rings. The van der Waals surface area contributed by atoms with Crippen LogP contribution in [0.1, 0.15) is 5.56 Å². The third-order valence-corrected chi connectivity index (χ3v) is 3.12. The summed E-state index contributed by atoms with van der Waals surface area (Å²) in [5.41, 5.74) is 10.9. The van der Waals surface area contributed by atoms with Gasteiger partial charge in [-0.05, 0) is 25.1 Å². The smallest absolute Gasteiger partial charge is 0.104 e. The lowest BCUT2D eigenvalue weighted by Crippen LogP contribution is -1.94. The van der Waals surface area contributed by atoms with Gasteiger partial charge >= 0.3 is 0 Å². The van der Waals surface area contributed by atoms with Gasteiger partial charge in [-0.15, -0.1) is 0 Å². The van der Waals surface area contributed by atoms with Gasteiger partial charge < -0.3 is 10.3 Å². The minimum atomic E-state index is 0.674. The number of aromatic nitrogens is 3. The quantitative estimate of drug-likeness (QED) is 0.669. The number of nitrogens with zero attached hydrogens (tertiary/aromatic N) is 2. The highest BCUT2D eigenvalue weighted by molar-refractivity contribution is 5.88. The van der Waals surface area contributed by atoms with Gasteiger partial charge in [0, 0.05) is 18.0 Å². The van der Waals surface area contributed by atoms with Gasteiger partial charge in [0.2, 0.25) is 0 Å². The maximum Gasteiger partial charge on any atom is 0.104 e. The van der Waals surface area contributed by atoms with Gasteiger partial charge in [-0.3, -0.25) is 5.10 Å². The van der Waals surface area contributed by atoms with Crippen molar-refractivity contribution in [1.82, 2.24) is 14.8 Å². The van der Waals surface area contributed by atoms with Crippen LogP contribution in [0.5, 0.6) is 0 Å². The maximum absolute atomic E-state index is 5.89. The van der Waals surface area contributed by atoms with Gasteiger partial charge in [0.25, 0.3) is 0 Å². The van der Waals surface area contributed by atoms with E-state index < -0.39 is 0 Å². The topological polar surface area (TPSA) is 59.6 Å². The van der Waals surface area contributed by atoms with Crippen molar-refractivity contribution in [3.05, 3.63) is 36.0 Å². The number of nitrogens with two attached hydrogens (primary N) is 1. The molecule has 0 radical (unpaired) electrons. The Bertz CT molecular complexity index is 691. The molecule has 0 unspecified atom stereocenters. The molecular formula is C13H14N4. The minimum absolute atomic E-state index is 0.674. The molecule has 0 saturated carbocycles. The van der Waals surface area contributed by atoms with Crippen LogP contribution in [0.4, 0.5) is 5.69 Å². The van der Waals surface area contributed by atoms with Crippen LogP contribution in [0.2, 0.25) is 0 Å². The lowest BCUT2D eigenvalue weighted by atomic mass is 10.2. The van der Waals surface area contributed by atoms with Gasteiger partial charge in [0.15, 0.2) is 0 Å². The van der Waals surface area contributed by atoms with Crippen LogP contribution in [-0.4, -0.2) is 14.8 Å². The Hall–Kier alpha value is -2.23. The first-order valence-corrected chi connectivity index (χ1v) is 5.52. The second-order valence-electron chi connectivity index (χ2n) is 4.35. The minimum Gasteiger partial charge on any atom is -0.396 e. The second-order valence-corrected chi connectivity index (χ2v) is 4.35. The van der Waals surface area contributed by atoms with Crippen LogP contribution in [-0.2, 0) is 7.05 Å². The normalized spacial score (nSPS) is 11.2. The van der Waals surface area contributed by atoms with Crippen molar-refractivity contribution in [2.24, 2.45) is 7.05 Å². The van der Waals surface area contributed by atoms with E-state index in [1.807, 2.05) is 7.05 Å². The Balaban J connectivity index is 2.31. The number of anilines is 1. The van der Waals surface area contributed by atoms with Gasteiger partial charge in [-0.25, -0.2) is 0 Å². The molecule has 0 aliphatic carbocycles.